The zero-order valence-electron chi connectivity index (χ0n) is 18.8. The van der Waals surface area contributed by atoms with Crippen molar-refractivity contribution in [3.63, 3.8) is 0 Å². The average molecular weight is 522 g/mol. The largest absolute Gasteiger partial charge is 0.488 e. The molecule has 3 aromatic rings. The van der Waals surface area contributed by atoms with Crippen molar-refractivity contribution in [2.75, 3.05) is 18.9 Å². The number of nitrogens with zero attached hydrogens (tertiary/aromatic N) is 2. The molecule has 3 aromatic carbocycles. The quantitative estimate of drug-likeness (QED) is 0.382. The maximum absolute atomic E-state index is 13.2. The Morgan fingerprint density at radius 2 is 1.91 bits per heavy atom. The molecule has 5 rings (SSSR count). The number of hydrogen-bond donors (Lipinski definition) is 1. The monoisotopic (exact) mass is 521 g/mol. The van der Waals surface area contributed by atoms with Crippen LogP contribution in [0.3, 0.4) is 0 Å². The number of aryl methyl sites for hydroxylation is 1. The summed E-state index contributed by atoms with van der Waals surface area (Å²) >= 11 is 3.58. The summed E-state index contributed by atoms with van der Waals surface area (Å²) in [5.41, 5.74) is 2.97. The van der Waals surface area contributed by atoms with Gasteiger partial charge in [-0.3, -0.25) is 19.8 Å². The van der Waals surface area contributed by atoms with Gasteiger partial charge in [-0.05, 0) is 59.2 Å². The zero-order valence-corrected chi connectivity index (χ0v) is 20.4. The summed E-state index contributed by atoms with van der Waals surface area (Å²) in [6, 6.07) is 19.8. The third kappa shape index (κ3) is 3.49. The molecule has 174 valence electrons. The maximum atomic E-state index is 13.2. The number of amides is 1. The lowest BCUT2D eigenvalue weighted by atomic mass is 9.79. The van der Waals surface area contributed by atoms with Crippen LogP contribution in [-0.2, 0) is 16.9 Å². The van der Waals surface area contributed by atoms with Crippen LogP contribution in [0, 0.1) is 17.0 Å². The minimum atomic E-state index is -1.35. The predicted octanol–water partition coefficient (Wildman–Crippen LogP) is 4.86. The van der Waals surface area contributed by atoms with E-state index in [0.29, 0.717) is 30.2 Å². The van der Waals surface area contributed by atoms with Crippen molar-refractivity contribution in [1.82, 2.24) is 4.90 Å². The number of para-hydroxylation sites is 1. The van der Waals surface area contributed by atoms with Crippen molar-refractivity contribution >= 4 is 27.5 Å². The number of benzene rings is 3. The molecule has 2 aliphatic heterocycles. The van der Waals surface area contributed by atoms with Gasteiger partial charge < -0.3 is 10.1 Å². The molecule has 34 heavy (non-hydrogen) atoms. The molecule has 3 atom stereocenters. The van der Waals surface area contributed by atoms with E-state index in [1.54, 1.807) is 19.2 Å². The molecular formula is C26H24BrN3O4. The van der Waals surface area contributed by atoms with Gasteiger partial charge in [0.1, 0.15) is 12.4 Å². The Morgan fingerprint density at radius 1 is 1.18 bits per heavy atom. The summed E-state index contributed by atoms with van der Waals surface area (Å²) in [7, 11) is 1.78. The van der Waals surface area contributed by atoms with Crippen molar-refractivity contribution in [3.05, 3.63) is 104 Å². The number of likely N-dealkylation sites (tertiary alicyclic amines) is 1. The summed E-state index contributed by atoms with van der Waals surface area (Å²) in [6.45, 7) is 2.84. The maximum Gasteiger partial charge on any atom is 0.256 e. The fraction of sp³-hybridized carbons (Fsp3) is 0.269. The Kier molecular flexibility index (Phi) is 5.65. The van der Waals surface area contributed by atoms with E-state index in [1.165, 1.54) is 5.56 Å². The van der Waals surface area contributed by atoms with Gasteiger partial charge in [0.25, 0.3) is 11.9 Å². The molecule has 0 aliphatic carbocycles. The van der Waals surface area contributed by atoms with Crippen LogP contribution in [0.1, 0.15) is 28.2 Å². The highest BCUT2D eigenvalue weighted by Crippen LogP contribution is 2.52. The Morgan fingerprint density at radius 3 is 2.62 bits per heavy atom. The summed E-state index contributed by atoms with van der Waals surface area (Å²) in [6.07, 6.45) is 0. The van der Waals surface area contributed by atoms with Crippen molar-refractivity contribution in [2.45, 2.75) is 31.0 Å². The van der Waals surface area contributed by atoms with E-state index in [1.807, 2.05) is 66.4 Å². The van der Waals surface area contributed by atoms with Crippen LogP contribution in [0.5, 0.6) is 5.75 Å². The highest BCUT2D eigenvalue weighted by molar-refractivity contribution is 9.10. The number of carbonyl (C=O) groups excluding carboxylic acids is 1. The van der Waals surface area contributed by atoms with E-state index >= 15 is 0 Å². The van der Waals surface area contributed by atoms with Crippen LogP contribution in [-0.4, -0.2) is 35.4 Å². The lowest BCUT2D eigenvalue weighted by Gasteiger charge is -2.30. The van der Waals surface area contributed by atoms with Crippen LogP contribution in [0.2, 0.25) is 0 Å². The van der Waals surface area contributed by atoms with Crippen molar-refractivity contribution < 1.29 is 14.5 Å². The summed E-state index contributed by atoms with van der Waals surface area (Å²) < 4.78 is 6.70. The minimum Gasteiger partial charge on any atom is -0.488 e. The van der Waals surface area contributed by atoms with Crippen LogP contribution in [0.4, 0.5) is 5.69 Å². The van der Waals surface area contributed by atoms with Crippen LogP contribution >= 0.6 is 15.9 Å². The Balaban J connectivity index is 1.46. The van der Waals surface area contributed by atoms with Gasteiger partial charge in [-0.25, -0.2) is 0 Å². The van der Waals surface area contributed by atoms with Crippen LogP contribution in [0.25, 0.3) is 0 Å². The second-order valence-corrected chi connectivity index (χ2v) is 9.80. The topological polar surface area (TPSA) is 84.7 Å². The number of likely N-dealkylation sites (N-methyl/N-ethyl adjacent to an activating group) is 1. The van der Waals surface area contributed by atoms with Gasteiger partial charge in [-0.15, -0.1) is 0 Å². The molecule has 1 fully saturated rings. The number of fused-ring (bicyclic) bond motifs is 2. The molecule has 2 heterocycles. The molecule has 0 bridgehead atoms. The molecular weight excluding hydrogens is 498 g/mol. The number of rotatable bonds is 5. The standard InChI is InChI=1S/C26H24BrN3O4/c1-16-7-9-17(10-8-16)15-34-23-12-11-18(13-21(23)27)19-14-29(2)26(24(19)30(32)33)20-5-3-4-6-22(20)28-25(26)31/h3-13,19,24H,14-15H2,1-2H3,(H,28,31)/t19-,24-,26-/m0/s1. The van der Waals surface area contributed by atoms with Gasteiger partial charge in [0, 0.05) is 22.7 Å². The summed E-state index contributed by atoms with van der Waals surface area (Å²) in [4.78, 5) is 27.2. The molecule has 0 saturated carbocycles. The number of ether oxygens (including phenoxy) is 1. The first kappa shape index (κ1) is 22.6. The summed E-state index contributed by atoms with van der Waals surface area (Å²) in [5.74, 6) is -0.163. The predicted molar refractivity (Wildman–Crippen MR) is 133 cm³/mol. The Hall–Kier alpha value is -3.23. The second-order valence-electron chi connectivity index (χ2n) is 8.95. The van der Waals surface area contributed by atoms with Crippen molar-refractivity contribution in [2.24, 2.45) is 0 Å². The van der Waals surface area contributed by atoms with Gasteiger partial charge >= 0.3 is 0 Å². The lowest BCUT2D eigenvalue weighted by molar-refractivity contribution is -0.534. The van der Waals surface area contributed by atoms with E-state index in [4.69, 9.17) is 4.74 Å². The SMILES string of the molecule is Cc1ccc(COc2ccc([C@@H]3CN(C)[C@]4(C(=O)Nc5ccccc54)[C@H]3[N+](=O)[O-])cc2Br)cc1. The van der Waals surface area contributed by atoms with Crippen LogP contribution in [0.15, 0.2) is 71.2 Å². The number of halogens is 1. The second kappa shape index (κ2) is 8.52. The zero-order chi connectivity index (χ0) is 24.0. The molecule has 1 amide bonds. The van der Waals surface area contributed by atoms with Crippen LogP contribution < -0.4 is 10.1 Å². The molecule has 1 N–H and O–H groups in total. The highest BCUT2D eigenvalue weighted by atomic mass is 79.9. The Bertz CT molecular complexity index is 1280. The molecule has 8 heteroatoms. The van der Waals surface area contributed by atoms with E-state index in [-0.39, 0.29) is 10.8 Å². The first-order chi connectivity index (χ1) is 16.3. The number of anilines is 1. The van der Waals surface area contributed by atoms with Gasteiger partial charge in [-0.2, -0.15) is 0 Å². The molecule has 1 spiro atoms. The molecule has 1 saturated heterocycles. The first-order valence-electron chi connectivity index (χ1n) is 11.1. The van der Waals surface area contributed by atoms with Crippen molar-refractivity contribution in [1.29, 1.82) is 0 Å². The van der Waals surface area contributed by atoms with Crippen molar-refractivity contribution in [3.8, 4) is 5.75 Å². The van der Waals surface area contributed by atoms with Gasteiger partial charge in [0.05, 0.1) is 10.4 Å². The molecule has 2 aliphatic rings. The molecule has 0 unspecified atom stereocenters. The molecule has 0 radical (unpaired) electrons. The molecule has 0 aromatic heterocycles. The van der Waals surface area contributed by atoms with E-state index in [2.05, 4.69) is 21.2 Å². The summed E-state index contributed by atoms with van der Waals surface area (Å²) in [5, 5.41) is 15.3. The number of hydrogen-bond acceptors (Lipinski definition) is 5. The lowest BCUT2D eigenvalue weighted by Crippen LogP contribution is -2.54. The fourth-order valence-corrected chi connectivity index (χ4v) is 5.80. The average Bonchev–Trinajstić information content (AvgIpc) is 3.29. The Labute approximate surface area is 206 Å². The number of nitrogens with one attached hydrogen (secondary N) is 1. The number of nitro groups is 1. The normalized spacial score (nSPS) is 23.7. The first-order valence-corrected chi connectivity index (χ1v) is 11.8. The fourth-order valence-electron chi connectivity index (χ4n) is 5.29. The van der Waals surface area contributed by atoms with E-state index in [0.717, 1.165) is 15.6 Å². The van der Waals surface area contributed by atoms with Gasteiger partial charge in [-0.1, -0.05) is 54.1 Å². The number of carbonyl (C=O) groups is 1. The smallest absolute Gasteiger partial charge is 0.256 e. The third-order valence-electron chi connectivity index (χ3n) is 6.94. The minimum absolute atomic E-state index is 0.300. The van der Waals surface area contributed by atoms with E-state index in [9.17, 15) is 14.9 Å². The van der Waals surface area contributed by atoms with Gasteiger partial charge in [0.15, 0.2) is 5.54 Å². The highest BCUT2D eigenvalue weighted by Gasteiger charge is 2.68. The van der Waals surface area contributed by atoms with Gasteiger partial charge in [0.2, 0.25) is 0 Å². The third-order valence-corrected chi connectivity index (χ3v) is 7.56. The van der Waals surface area contributed by atoms with E-state index < -0.39 is 17.5 Å². The molecule has 7 nitrogen and oxygen atoms in total.